The quantitative estimate of drug-likeness (QED) is 0.325. The third-order valence-electron chi connectivity index (χ3n) is 5.57. The number of aryl methyl sites for hydroxylation is 1. The summed E-state index contributed by atoms with van der Waals surface area (Å²) in [4.78, 5) is 32.8. The first-order chi connectivity index (χ1) is 16.3. The van der Waals surface area contributed by atoms with Gasteiger partial charge in [0.2, 0.25) is 5.88 Å². The number of aromatic nitrogens is 5. The van der Waals surface area contributed by atoms with Crippen molar-refractivity contribution in [2.45, 2.75) is 6.54 Å². The summed E-state index contributed by atoms with van der Waals surface area (Å²) in [6.07, 6.45) is 0. The minimum absolute atomic E-state index is 0.0805. The van der Waals surface area contributed by atoms with Crippen molar-refractivity contribution in [2.24, 2.45) is 24.3 Å². The monoisotopic (exact) mass is 541 g/mol. The van der Waals surface area contributed by atoms with Gasteiger partial charge in [-0.1, -0.05) is 45.7 Å². The lowest BCUT2D eigenvalue weighted by Gasteiger charge is -2.09. The van der Waals surface area contributed by atoms with Gasteiger partial charge in [0.05, 0.1) is 12.1 Å². The van der Waals surface area contributed by atoms with Crippen LogP contribution in [0.1, 0.15) is 5.56 Å². The maximum Gasteiger partial charge on any atom is 0.332 e. The van der Waals surface area contributed by atoms with E-state index in [1.807, 2.05) is 18.2 Å². The summed E-state index contributed by atoms with van der Waals surface area (Å²) in [5.74, 6) is -0.0779. The molecule has 0 spiro atoms. The molecule has 2 N–H and O–H groups in total. The molecule has 0 aliphatic heterocycles. The van der Waals surface area contributed by atoms with Gasteiger partial charge >= 0.3 is 5.69 Å². The summed E-state index contributed by atoms with van der Waals surface area (Å²) in [6, 6.07) is 12.6. The number of nitrogens with one attached hydrogen (secondary N) is 1. The molecule has 172 valence electrons. The number of H-pyrrole nitrogens is 1. The first kappa shape index (κ1) is 22.1. The van der Waals surface area contributed by atoms with Gasteiger partial charge in [0, 0.05) is 29.0 Å². The summed E-state index contributed by atoms with van der Waals surface area (Å²) in [7, 11) is 2.93. The fourth-order valence-electron chi connectivity index (χ4n) is 3.79. The Morgan fingerprint density at radius 1 is 1.12 bits per heavy atom. The van der Waals surface area contributed by atoms with Crippen LogP contribution in [0.4, 0.5) is 11.6 Å². The average molecular weight is 543 g/mol. The molecule has 0 aliphatic rings. The van der Waals surface area contributed by atoms with Gasteiger partial charge in [-0.25, -0.2) is 4.79 Å². The van der Waals surface area contributed by atoms with Gasteiger partial charge in [-0.3, -0.25) is 18.5 Å². The van der Waals surface area contributed by atoms with Gasteiger partial charge in [0.1, 0.15) is 0 Å². The summed E-state index contributed by atoms with van der Waals surface area (Å²) in [6.45, 7) is 0.170. The van der Waals surface area contributed by atoms with E-state index in [2.05, 4.69) is 36.1 Å². The molecule has 10 nitrogen and oxygen atoms in total. The van der Waals surface area contributed by atoms with Crippen LogP contribution in [0, 0.1) is 0 Å². The van der Waals surface area contributed by atoms with Crippen LogP contribution >= 0.6 is 27.5 Å². The molecule has 34 heavy (non-hydrogen) atoms. The maximum absolute atomic E-state index is 13.0. The first-order valence-corrected chi connectivity index (χ1v) is 11.2. The van der Waals surface area contributed by atoms with Crippen molar-refractivity contribution in [3.8, 4) is 5.88 Å². The molecule has 0 atom stereocenters. The van der Waals surface area contributed by atoms with Crippen LogP contribution < -0.4 is 11.2 Å². The van der Waals surface area contributed by atoms with E-state index in [0.29, 0.717) is 15.9 Å². The highest BCUT2D eigenvalue weighted by atomic mass is 79.9. The number of hydrogen-bond donors (Lipinski definition) is 2. The topological polar surface area (TPSA) is 123 Å². The van der Waals surface area contributed by atoms with Crippen molar-refractivity contribution in [1.29, 1.82) is 0 Å². The highest BCUT2D eigenvalue weighted by Crippen LogP contribution is 2.37. The fraction of sp³-hybridized carbons (Fsp3) is 0.136. The molecule has 0 fully saturated rings. The van der Waals surface area contributed by atoms with E-state index in [0.717, 1.165) is 14.6 Å². The molecule has 0 unspecified atom stereocenters. The summed E-state index contributed by atoms with van der Waals surface area (Å²) < 4.78 is 4.65. The predicted molar refractivity (Wildman–Crippen MR) is 133 cm³/mol. The Hall–Kier alpha value is -3.70. The van der Waals surface area contributed by atoms with Gasteiger partial charge in [0.25, 0.3) is 11.5 Å². The van der Waals surface area contributed by atoms with Crippen molar-refractivity contribution in [1.82, 2.24) is 23.7 Å². The Bertz CT molecular complexity index is 1750. The number of aromatic hydroxyl groups is 1. The molecule has 0 aliphatic carbocycles. The van der Waals surface area contributed by atoms with Gasteiger partial charge in [0.15, 0.2) is 16.9 Å². The minimum atomic E-state index is -0.516. The zero-order valence-electron chi connectivity index (χ0n) is 18.0. The van der Waals surface area contributed by atoms with Gasteiger partial charge in [-0.05, 0) is 29.8 Å². The van der Waals surface area contributed by atoms with Gasteiger partial charge in [-0.15, -0.1) is 10.2 Å². The number of imidazole rings is 1. The Morgan fingerprint density at radius 3 is 2.65 bits per heavy atom. The predicted octanol–water partition coefficient (Wildman–Crippen LogP) is 4.50. The van der Waals surface area contributed by atoms with Crippen molar-refractivity contribution in [2.75, 3.05) is 0 Å². The summed E-state index contributed by atoms with van der Waals surface area (Å²) in [5.41, 5.74) is 0.949. The molecule has 3 heterocycles. The van der Waals surface area contributed by atoms with Crippen molar-refractivity contribution >= 4 is 61.2 Å². The largest absolute Gasteiger partial charge is 0.493 e. The van der Waals surface area contributed by atoms with Crippen LogP contribution in [0.15, 0.2) is 66.8 Å². The number of halogens is 2. The third kappa shape index (κ3) is 3.53. The van der Waals surface area contributed by atoms with E-state index in [4.69, 9.17) is 11.6 Å². The molecule has 3 aromatic heterocycles. The minimum Gasteiger partial charge on any atom is -0.493 e. The standard InChI is InChI=1S/C22H17BrClN7O3/c1-29-18-17(20(33)30(2)22(29)34)31(10-11-5-3-4-6-14(11)24)21(26-18)28-27-16-13-9-12(23)7-8-15(13)25-19(16)32/h3-9,25,32H,10H2,1-2H3. The molecule has 5 rings (SSSR count). The van der Waals surface area contributed by atoms with Gasteiger partial charge in [-0.2, -0.15) is 4.98 Å². The van der Waals surface area contributed by atoms with Crippen LogP contribution in [0.25, 0.3) is 22.1 Å². The molecular formula is C22H17BrClN7O3. The van der Waals surface area contributed by atoms with E-state index < -0.39 is 11.2 Å². The zero-order valence-corrected chi connectivity index (χ0v) is 20.3. The lowest BCUT2D eigenvalue weighted by Crippen LogP contribution is -2.37. The van der Waals surface area contributed by atoms with E-state index in [9.17, 15) is 14.7 Å². The fourth-order valence-corrected chi connectivity index (χ4v) is 4.35. The number of aromatic amines is 1. The lowest BCUT2D eigenvalue weighted by atomic mass is 10.2. The molecule has 5 aromatic rings. The van der Waals surface area contributed by atoms with E-state index >= 15 is 0 Å². The number of azo groups is 1. The molecular weight excluding hydrogens is 526 g/mol. The SMILES string of the molecule is Cn1c(=O)c2c(nc(N=Nc3c(O)[nH]c4ccc(Br)cc34)n2Cc2ccccc2Cl)n(C)c1=O. The highest BCUT2D eigenvalue weighted by Gasteiger charge is 2.20. The average Bonchev–Trinajstić information content (AvgIpc) is 3.33. The third-order valence-corrected chi connectivity index (χ3v) is 6.43. The van der Waals surface area contributed by atoms with Crippen molar-refractivity contribution in [3.05, 3.63) is 78.4 Å². The second-order valence-corrected chi connectivity index (χ2v) is 9.00. The first-order valence-electron chi connectivity index (χ1n) is 10.1. The molecule has 12 heteroatoms. The molecule has 2 aromatic carbocycles. The molecule has 0 saturated carbocycles. The summed E-state index contributed by atoms with van der Waals surface area (Å²) in [5, 5.41) is 20.0. The lowest BCUT2D eigenvalue weighted by molar-refractivity contribution is 0.459. The number of hydrogen-bond acceptors (Lipinski definition) is 6. The van der Waals surface area contributed by atoms with Crippen LogP contribution in [0.3, 0.4) is 0 Å². The second-order valence-electron chi connectivity index (χ2n) is 7.68. The number of nitrogens with zero attached hydrogens (tertiary/aromatic N) is 6. The van der Waals surface area contributed by atoms with Gasteiger partial charge < -0.3 is 10.1 Å². The van der Waals surface area contributed by atoms with Crippen LogP contribution in [-0.2, 0) is 20.6 Å². The van der Waals surface area contributed by atoms with E-state index in [-0.39, 0.29) is 35.2 Å². The Balaban J connectivity index is 1.75. The molecule has 0 bridgehead atoms. The maximum atomic E-state index is 13.0. The van der Waals surface area contributed by atoms with E-state index in [1.165, 1.54) is 18.7 Å². The second kappa shape index (κ2) is 8.26. The van der Waals surface area contributed by atoms with E-state index in [1.54, 1.807) is 28.8 Å². The van der Waals surface area contributed by atoms with Crippen LogP contribution in [0.2, 0.25) is 5.02 Å². The molecule has 0 radical (unpaired) electrons. The highest BCUT2D eigenvalue weighted by molar-refractivity contribution is 9.10. The smallest absolute Gasteiger partial charge is 0.332 e. The van der Waals surface area contributed by atoms with Crippen LogP contribution in [-0.4, -0.2) is 28.8 Å². The van der Waals surface area contributed by atoms with Crippen LogP contribution in [0.5, 0.6) is 5.88 Å². The summed E-state index contributed by atoms with van der Waals surface area (Å²) >= 11 is 9.78. The Kier molecular flexibility index (Phi) is 5.37. The molecule has 0 amide bonds. The number of fused-ring (bicyclic) bond motifs is 2. The number of benzene rings is 2. The van der Waals surface area contributed by atoms with Crippen molar-refractivity contribution < 1.29 is 5.11 Å². The zero-order chi connectivity index (χ0) is 24.1. The normalized spacial score (nSPS) is 11.9. The molecule has 0 saturated heterocycles. The Morgan fingerprint density at radius 2 is 1.88 bits per heavy atom. The Labute approximate surface area is 204 Å². The van der Waals surface area contributed by atoms with Crippen molar-refractivity contribution in [3.63, 3.8) is 0 Å². The number of rotatable bonds is 4.